The van der Waals surface area contributed by atoms with Crippen LogP contribution in [0.5, 0.6) is 5.75 Å². The minimum absolute atomic E-state index is 0.797. The first-order valence-corrected chi connectivity index (χ1v) is 5.40. The Balaban J connectivity index is 2.35. The Morgan fingerprint density at radius 2 is 2.12 bits per heavy atom. The van der Waals surface area contributed by atoms with Gasteiger partial charge in [0.1, 0.15) is 5.75 Å². The monoisotopic (exact) mass is 217 g/mol. The number of nitrogens with zero attached hydrogens (tertiary/aromatic N) is 1. The number of para-hydroxylation sites is 1. The van der Waals surface area contributed by atoms with Crippen molar-refractivity contribution in [1.82, 2.24) is 0 Å². The highest BCUT2D eigenvalue weighted by atomic mass is 16.5. The maximum atomic E-state index is 8.86. The fraction of sp³-hybridized carbons (Fsp3) is 0.308. The van der Waals surface area contributed by atoms with Gasteiger partial charge in [-0.2, -0.15) is 0 Å². The van der Waals surface area contributed by atoms with Crippen LogP contribution in [0.1, 0.15) is 24.8 Å². The number of oxime groups is 1. The SMILES string of the molecule is COc1ccccc1C=C1CCCC1=NO. The topological polar surface area (TPSA) is 41.8 Å². The van der Waals surface area contributed by atoms with Crippen LogP contribution in [-0.4, -0.2) is 18.0 Å². The smallest absolute Gasteiger partial charge is 0.126 e. The summed E-state index contributed by atoms with van der Waals surface area (Å²) >= 11 is 0. The molecule has 0 unspecified atom stereocenters. The zero-order valence-corrected chi connectivity index (χ0v) is 9.31. The predicted octanol–water partition coefficient (Wildman–Crippen LogP) is 3.09. The summed E-state index contributed by atoms with van der Waals surface area (Å²) in [7, 11) is 1.66. The molecule has 0 heterocycles. The number of methoxy groups -OCH3 is 1. The summed E-state index contributed by atoms with van der Waals surface area (Å²) in [5.74, 6) is 0.846. The molecule has 0 spiro atoms. The van der Waals surface area contributed by atoms with E-state index in [1.54, 1.807) is 7.11 Å². The van der Waals surface area contributed by atoms with Gasteiger partial charge in [0.15, 0.2) is 0 Å². The van der Waals surface area contributed by atoms with E-state index in [2.05, 4.69) is 5.16 Å². The number of hydrogen-bond acceptors (Lipinski definition) is 3. The fourth-order valence-electron chi connectivity index (χ4n) is 1.99. The number of hydrogen-bond donors (Lipinski definition) is 1. The van der Waals surface area contributed by atoms with E-state index in [-0.39, 0.29) is 0 Å². The molecule has 2 rings (SSSR count). The predicted molar refractivity (Wildman–Crippen MR) is 64.0 cm³/mol. The van der Waals surface area contributed by atoms with E-state index in [1.807, 2.05) is 30.3 Å². The van der Waals surface area contributed by atoms with E-state index < -0.39 is 0 Å². The molecule has 1 saturated carbocycles. The molecule has 1 aliphatic carbocycles. The molecule has 0 saturated heterocycles. The van der Waals surface area contributed by atoms with Crippen LogP contribution >= 0.6 is 0 Å². The van der Waals surface area contributed by atoms with Gasteiger partial charge in [-0.05, 0) is 37.0 Å². The number of ether oxygens (including phenoxy) is 1. The van der Waals surface area contributed by atoms with Crippen LogP contribution in [0.3, 0.4) is 0 Å². The van der Waals surface area contributed by atoms with Crippen LogP contribution in [0.4, 0.5) is 0 Å². The van der Waals surface area contributed by atoms with Gasteiger partial charge >= 0.3 is 0 Å². The Labute approximate surface area is 95.0 Å². The molecular formula is C13H15NO2. The van der Waals surface area contributed by atoms with Gasteiger partial charge in [0.2, 0.25) is 0 Å². The van der Waals surface area contributed by atoms with Crippen molar-refractivity contribution < 1.29 is 9.94 Å². The highest BCUT2D eigenvalue weighted by Crippen LogP contribution is 2.27. The van der Waals surface area contributed by atoms with Crippen molar-refractivity contribution in [3.63, 3.8) is 0 Å². The maximum Gasteiger partial charge on any atom is 0.126 e. The standard InChI is InChI=1S/C13H15NO2/c1-16-13-8-3-2-5-11(13)9-10-6-4-7-12(10)14-15/h2-3,5,8-9,15H,4,6-7H2,1H3. The van der Waals surface area contributed by atoms with Crippen LogP contribution in [0.2, 0.25) is 0 Å². The minimum Gasteiger partial charge on any atom is -0.496 e. The maximum absolute atomic E-state index is 8.86. The average molecular weight is 217 g/mol. The van der Waals surface area contributed by atoms with Gasteiger partial charge in [0, 0.05) is 5.56 Å². The van der Waals surface area contributed by atoms with Gasteiger partial charge in [-0.3, -0.25) is 0 Å². The molecule has 0 aliphatic heterocycles. The van der Waals surface area contributed by atoms with Gasteiger partial charge < -0.3 is 9.94 Å². The van der Waals surface area contributed by atoms with Crippen molar-refractivity contribution in [2.45, 2.75) is 19.3 Å². The third-order valence-electron chi connectivity index (χ3n) is 2.82. The number of benzene rings is 1. The lowest BCUT2D eigenvalue weighted by Gasteiger charge is -2.05. The van der Waals surface area contributed by atoms with E-state index in [9.17, 15) is 0 Å². The van der Waals surface area contributed by atoms with Crippen LogP contribution in [0.15, 0.2) is 35.0 Å². The average Bonchev–Trinajstić information content (AvgIpc) is 2.77. The number of rotatable bonds is 2. The first kappa shape index (κ1) is 10.7. The van der Waals surface area contributed by atoms with E-state index >= 15 is 0 Å². The Hall–Kier alpha value is -1.77. The molecule has 1 aromatic rings. The molecule has 0 atom stereocenters. The molecular weight excluding hydrogens is 202 g/mol. The Morgan fingerprint density at radius 1 is 1.31 bits per heavy atom. The lowest BCUT2D eigenvalue weighted by Crippen LogP contribution is -1.94. The summed E-state index contributed by atoms with van der Waals surface area (Å²) < 4.78 is 5.28. The lowest BCUT2D eigenvalue weighted by atomic mass is 10.1. The highest BCUT2D eigenvalue weighted by Gasteiger charge is 2.16. The van der Waals surface area contributed by atoms with Gasteiger partial charge in [-0.15, -0.1) is 0 Å². The Kier molecular flexibility index (Phi) is 3.25. The van der Waals surface area contributed by atoms with Crippen molar-refractivity contribution in [1.29, 1.82) is 0 Å². The van der Waals surface area contributed by atoms with Crippen LogP contribution in [-0.2, 0) is 0 Å². The number of allylic oxidation sites excluding steroid dienone is 1. The van der Waals surface area contributed by atoms with Crippen molar-refractivity contribution >= 4 is 11.8 Å². The summed E-state index contributed by atoms with van der Waals surface area (Å²) in [6, 6.07) is 7.84. The Bertz CT molecular complexity index is 435. The third kappa shape index (κ3) is 2.08. The third-order valence-corrected chi connectivity index (χ3v) is 2.82. The molecule has 3 nitrogen and oxygen atoms in total. The quantitative estimate of drug-likeness (QED) is 0.611. The molecule has 84 valence electrons. The zero-order chi connectivity index (χ0) is 11.4. The molecule has 3 heteroatoms. The summed E-state index contributed by atoms with van der Waals surface area (Å²) in [5, 5.41) is 12.2. The molecule has 0 aromatic heterocycles. The van der Waals surface area contributed by atoms with Gasteiger partial charge in [0.05, 0.1) is 12.8 Å². The first-order chi connectivity index (χ1) is 7.85. The molecule has 16 heavy (non-hydrogen) atoms. The van der Waals surface area contributed by atoms with E-state index in [1.165, 1.54) is 0 Å². The molecule has 1 aliphatic rings. The van der Waals surface area contributed by atoms with Gasteiger partial charge in [0.25, 0.3) is 0 Å². The summed E-state index contributed by atoms with van der Waals surface area (Å²) in [4.78, 5) is 0. The second kappa shape index (κ2) is 4.84. The van der Waals surface area contributed by atoms with Crippen molar-refractivity contribution in [2.75, 3.05) is 7.11 Å². The zero-order valence-electron chi connectivity index (χ0n) is 9.31. The van der Waals surface area contributed by atoms with E-state index in [0.29, 0.717) is 0 Å². The highest BCUT2D eigenvalue weighted by molar-refractivity contribution is 6.05. The second-order valence-corrected chi connectivity index (χ2v) is 3.81. The fourth-order valence-corrected chi connectivity index (χ4v) is 1.99. The van der Waals surface area contributed by atoms with Crippen LogP contribution in [0.25, 0.3) is 6.08 Å². The second-order valence-electron chi connectivity index (χ2n) is 3.81. The summed E-state index contributed by atoms with van der Waals surface area (Å²) in [6.07, 6.45) is 4.93. The Morgan fingerprint density at radius 3 is 2.88 bits per heavy atom. The lowest BCUT2D eigenvalue weighted by molar-refractivity contribution is 0.318. The molecule has 1 fully saturated rings. The molecule has 0 radical (unpaired) electrons. The van der Waals surface area contributed by atoms with E-state index in [4.69, 9.17) is 9.94 Å². The van der Waals surface area contributed by atoms with Gasteiger partial charge in [-0.1, -0.05) is 23.4 Å². The summed E-state index contributed by atoms with van der Waals surface area (Å²) in [6.45, 7) is 0. The molecule has 1 aromatic carbocycles. The van der Waals surface area contributed by atoms with Crippen LogP contribution < -0.4 is 4.74 Å². The minimum atomic E-state index is 0.797. The van der Waals surface area contributed by atoms with Crippen molar-refractivity contribution in [3.05, 3.63) is 35.4 Å². The normalized spacial score (nSPS) is 20.6. The molecule has 0 bridgehead atoms. The summed E-state index contributed by atoms with van der Waals surface area (Å²) in [5.41, 5.74) is 2.93. The van der Waals surface area contributed by atoms with Crippen molar-refractivity contribution in [2.24, 2.45) is 5.16 Å². The molecule has 1 N–H and O–H groups in total. The van der Waals surface area contributed by atoms with Gasteiger partial charge in [-0.25, -0.2) is 0 Å². The van der Waals surface area contributed by atoms with Crippen LogP contribution in [0, 0.1) is 0 Å². The molecule has 0 amide bonds. The largest absolute Gasteiger partial charge is 0.496 e. The van der Waals surface area contributed by atoms with E-state index in [0.717, 1.165) is 41.9 Å². The van der Waals surface area contributed by atoms with Crippen molar-refractivity contribution in [3.8, 4) is 5.75 Å². The first-order valence-electron chi connectivity index (χ1n) is 5.40.